The smallest absolute Gasteiger partial charge is 0.410 e. The van der Waals surface area contributed by atoms with Gasteiger partial charge in [-0.1, -0.05) is 77.8 Å². The summed E-state index contributed by atoms with van der Waals surface area (Å²) in [6.07, 6.45) is 3.82. The molecule has 0 spiro atoms. The molecular formula is C30H33Cl2F2NO4. The van der Waals surface area contributed by atoms with Crippen molar-refractivity contribution in [3.05, 3.63) is 93.5 Å². The second-order valence-corrected chi connectivity index (χ2v) is 10.2. The lowest BCUT2D eigenvalue weighted by Gasteiger charge is -2.25. The summed E-state index contributed by atoms with van der Waals surface area (Å²) in [6.45, 7) is 5.16. The summed E-state index contributed by atoms with van der Waals surface area (Å²) in [5.74, 6) is 0.431. The number of alkyl halides is 2. The van der Waals surface area contributed by atoms with Crippen LogP contribution in [0.2, 0.25) is 0 Å². The minimum atomic E-state index is -3.02. The molecule has 9 heteroatoms. The average molecular weight is 580 g/mol. The number of ether oxygens (including phenoxy) is 3. The van der Waals surface area contributed by atoms with Crippen LogP contribution >= 0.6 is 23.2 Å². The zero-order valence-corrected chi connectivity index (χ0v) is 23.8. The summed E-state index contributed by atoms with van der Waals surface area (Å²) in [6, 6.07) is 12.3. The van der Waals surface area contributed by atoms with Crippen LogP contribution in [0.3, 0.4) is 0 Å². The Morgan fingerprint density at radius 1 is 1.15 bits per heavy atom. The second-order valence-electron chi connectivity index (χ2n) is 9.42. The van der Waals surface area contributed by atoms with Crippen molar-refractivity contribution in [1.82, 2.24) is 4.90 Å². The molecule has 0 heterocycles. The molecule has 1 aliphatic rings. The van der Waals surface area contributed by atoms with Gasteiger partial charge in [0, 0.05) is 30.1 Å². The first-order valence-corrected chi connectivity index (χ1v) is 13.4. The number of carbonyl (C=O) groups is 1. The molecule has 2 aromatic carbocycles. The SMILES string of the molecule is C=C/C(Cl)=C(C[C@H](OC(=O)N(C)Cc1ccc(C)cc1)c1ccc(OC(F)F)c(OCC2CC2)c1)\C(Cl)=C/C. The summed E-state index contributed by atoms with van der Waals surface area (Å²) in [5.41, 5.74) is 3.07. The van der Waals surface area contributed by atoms with E-state index in [2.05, 4.69) is 11.3 Å². The van der Waals surface area contributed by atoms with E-state index in [1.165, 1.54) is 17.0 Å². The van der Waals surface area contributed by atoms with E-state index in [-0.39, 0.29) is 17.9 Å². The third-order valence-electron chi connectivity index (χ3n) is 6.22. The maximum absolute atomic E-state index is 13.2. The summed E-state index contributed by atoms with van der Waals surface area (Å²) in [5, 5.41) is 0.673. The number of nitrogens with zero attached hydrogens (tertiary/aromatic N) is 1. The molecule has 0 aliphatic heterocycles. The number of rotatable bonds is 13. The van der Waals surface area contributed by atoms with E-state index in [9.17, 15) is 13.6 Å². The third-order valence-corrected chi connectivity index (χ3v) is 7.05. The molecule has 1 saturated carbocycles. The molecule has 2 aromatic rings. The molecule has 0 N–H and O–H groups in total. The predicted octanol–water partition coefficient (Wildman–Crippen LogP) is 8.91. The Kier molecular flexibility index (Phi) is 11.3. The van der Waals surface area contributed by atoms with Gasteiger partial charge in [-0.25, -0.2) is 4.79 Å². The van der Waals surface area contributed by atoms with Crippen molar-refractivity contribution >= 4 is 29.3 Å². The minimum absolute atomic E-state index is 0.0951. The average Bonchev–Trinajstić information content (AvgIpc) is 3.75. The van der Waals surface area contributed by atoms with E-state index in [1.807, 2.05) is 31.2 Å². The van der Waals surface area contributed by atoms with E-state index < -0.39 is 18.8 Å². The van der Waals surface area contributed by atoms with Crippen LogP contribution in [0.1, 0.15) is 49.0 Å². The van der Waals surface area contributed by atoms with Crippen molar-refractivity contribution in [2.24, 2.45) is 5.92 Å². The van der Waals surface area contributed by atoms with Gasteiger partial charge in [0.05, 0.1) is 6.61 Å². The van der Waals surface area contributed by atoms with Crippen LogP contribution in [0, 0.1) is 12.8 Å². The number of carbonyl (C=O) groups excluding carboxylic acids is 1. The lowest BCUT2D eigenvalue weighted by molar-refractivity contribution is -0.0515. The molecule has 3 rings (SSSR count). The van der Waals surface area contributed by atoms with Crippen molar-refractivity contribution in [3.63, 3.8) is 0 Å². The highest BCUT2D eigenvalue weighted by Gasteiger charge is 2.27. The first-order valence-electron chi connectivity index (χ1n) is 12.6. The monoisotopic (exact) mass is 579 g/mol. The van der Waals surface area contributed by atoms with Gasteiger partial charge in [-0.05, 0) is 61.4 Å². The maximum Gasteiger partial charge on any atom is 0.410 e. The second kappa shape index (κ2) is 14.4. The maximum atomic E-state index is 13.2. The number of hydrogen-bond acceptors (Lipinski definition) is 4. The predicted molar refractivity (Wildman–Crippen MR) is 150 cm³/mol. The molecular weight excluding hydrogens is 547 g/mol. The zero-order valence-electron chi connectivity index (χ0n) is 22.3. The van der Waals surface area contributed by atoms with Gasteiger partial charge in [-0.2, -0.15) is 8.78 Å². The topological polar surface area (TPSA) is 48.0 Å². The number of halogens is 4. The molecule has 1 atom stereocenters. The molecule has 0 aromatic heterocycles. The fraction of sp³-hybridized carbons (Fsp3) is 0.367. The van der Waals surface area contributed by atoms with Gasteiger partial charge in [0.25, 0.3) is 0 Å². The van der Waals surface area contributed by atoms with E-state index in [4.69, 9.17) is 32.7 Å². The Balaban J connectivity index is 1.93. The molecule has 210 valence electrons. The van der Waals surface area contributed by atoms with Crippen LogP contribution in [0.25, 0.3) is 0 Å². The number of allylic oxidation sites excluding steroid dienone is 4. The summed E-state index contributed by atoms with van der Waals surface area (Å²) in [7, 11) is 1.63. The van der Waals surface area contributed by atoms with Crippen molar-refractivity contribution < 1.29 is 27.8 Å². The van der Waals surface area contributed by atoms with Gasteiger partial charge < -0.3 is 19.1 Å². The molecule has 0 unspecified atom stereocenters. The molecule has 39 heavy (non-hydrogen) atoms. The highest BCUT2D eigenvalue weighted by Crippen LogP contribution is 2.39. The highest BCUT2D eigenvalue weighted by molar-refractivity contribution is 6.36. The first-order chi connectivity index (χ1) is 18.6. The van der Waals surface area contributed by atoms with E-state index >= 15 is 0 Å². The van der Waals surface area contributed by atoms with Gasteiger partial charge in [0.2, 0.25) is 0 Å². The largest absolute Gasteiger partial charge is 0.489 e. The van der Waals surface area contributed by atoms with Crippen LogP contribution < -0.4 is 9.47 Å². The van der Waals surface area contributed by atoms with E-state index in [0.29, 0.717) is 40.3 Å². The normalized spacial score (nSPS) is 14.9. The summed E-state index contributed by atoms with van der Waals surface area (Å²) >= 11 is 12.9. The lowest BCUT2D eigenvalue weighted by Crippen LogP contribution is -2.28. The standard InChI is InChI=1S/C30H33Cl2F2NO4/c1-5-24(31)23(25(32)6-2)16-27(39-30(36)35(4)17-20-9-7-19(3)8-10-20)22-13-14-26(38-29(33)34)28(15-22)37-18-21-11-12-21/h5-10,13-15,21,27,29H,1,11-12,16-18H2,2-4H3/b24-23+,25-6+/t27-/m0/s1. The molecule has 1 fully saturated rings. The van der Waals surface area contributed by atoms with Crippen LogP contribution in [-0.4, -0.2) is 31.3 Å². The number of aryl methyl sites for hydroxylation is 1. The van der Waals surface area contributed by atoms with Gasteiger partial charge >= 0.3 is 12.7 Å². The van der Waals surface area contributed by atoms with Gasteiger partial charge in [-0.15, -0.1) is 0 Å². The van der Waals surface area contributed by atoms with E-state index in [0.717, 1.165) is 24.0 Å². The Bertz CT molecular complexity index is 1210. The highest BCUT2D eigenvalue weighted by atomic mass is 35.5. The first kappa shape index (κ1) is 30.5. The number of hydrogen-bond donors (Lipinski definition) is 0. The fourth-order valence-electron chi connectivity index (χ4n) is 3.79. The molecule has 1 aliphatic carbocycles. The van der Waals surface area contributed by atoms with Gasteiger partial charge in [-0.3, -0.25) is 0 Å². The molecule has 0 radical (unpaired) electrons. The Hall–Kier alpha value is -3.03. The Labute approximate surface area is 238 Å². The van der Waals surface area contributed by atoms with Gasteiger partial charge in [0.1, 0.15) is 6.10 Å². The van der Waals surface area contributed by atoms with Crippen LogP contribution in [-0.2, 0) is 11.3 Å². The molecule has 5 nitrogen and oxygen atoms in total. The molecule has 0 bridgehead atoms. The van der Waals surface area contributed by atoms with Crippen molar-refractivity contribution in [1.29, 1.82) is 0 Å². The summed E-state index contributed by atoms with van der Waals surface area (Å²) in [4.78, 5) is 14.7. The number of amides is 1. The van der Waals surface area contributed by atoms with Crippen LogP contribution in [0.4, 0.5) is 13.6 Å². The zero-order chi connectivity index (χ0) is 28.5. The van der Waals surface area contributed by atoms with Crippen molar-refractivity contribution in [2.75, 3.05) is 13.7 Å². The molecule has 1 amide bonds. The van der Waals surface area contributed by atoms with Crippen LogP contribution in [0.5, 0.6) is 11.5 Å². The third kappa shape index (κ3) is 9.29. The number of benzene rings is 2. The minimum Gasteiger partial charge on any atom is -0.489 e. The Morgan fingerprint density at radius 2 is 1.85 bits per heavy atom. The van der Waals surface area contributed by atoms with Crippen molar-refractivity contribution in [3.8, 4) is 11.5 Å². The van der Waals surface area contributed by atoms with Gasteiger partial charge in [0.15, 0.2) is 11.5 Å². The quantitative estimate of drug-likeness (QED) is 0.222. The van der Waals surface area contributed by atoms with E-state index in [1.54, 1.807) is 32.2 Å². The Morgan fingerprint density at radius 3 is 2.44 bits per heavy atom. The molecule has 0 saturated heterocycles. The lowest BCUT2D eigenvalue weighted by atomic mass is 9.99. The van der Waals surface area contributed by atoms with Crippen LogP contribution in [0.15, 0.2) is 76.8 Å². The fourth-order valence-corrected chi connectivity index (χ4v) is 4.19. The summed E-state index contributed by atoms with van der Waals surface area (Å²) < 4.78 is 42.6. The van der Waals surface area contributed by atoms with Crippen molar-refractivity contribution in [2.45, 2.75) is 52.4 Å².